The minimum atomic E-state index is -0.770. The molecule has 2 aliphatic heterocycles. The van der Waals surface area contributed by atoms with Crippen molar-refractivity contribution in [2.24, 2.45) is 0 Å². The fourth-order valence-electron chi connectivity index (χ4n) is 3.09. The first-order valence-electron chi connectivity index (χ1n) is 8.73. The van der Waals surface area contributed by atoms with Gasteiger partial charge in [0.05, 0.1) is 25.4 Å². The van der Waals surface area contributed by atoms with Gasteiger partial charge in [0.15, 0.2) is 6.10 Å². The van der Waals surface area contributed by atoms with Gasteiger partial charge in [0, 0.05) is 33.0 Å². The highest BCUT2D eigenvalue weighted by Gasteiger charge is 2.33. The lowest BCUT2D eigenvalue weighted by Gasteiger charge is -2.34. The molecule has 0 aromatic heterocycles. The van der Waals surface area contributed by atoms with Gasteiger partial charge in [-0.05, 0) is 12.1 Å². The standard InChI is InChI=1S/C18H23N3O5/c1-19-18(24)15-12-21(13-4-2-3-5-14(13)26-15)17(23)7-6-16(22)20-8-10-25-11-9-20/h2-5,15H,6-12H2,1H3,(H,19,24)/t15-/m0/s1. The van der Waals surface area contributed by atoms with Crippen LogP contribution in [0.3, 0.4) is 0 Å². The van der Waals surface area contributed by atoms with Crippen LogP contribution in [0.4, 0.5) is 5.69 Å². The second-order valence-electron chi connectivity index (χ2n) is 6.19. The van der Waals surface area contributed by atoms with Crippen LogP contribution in [-0.4, -0.2) is 68.6 Å². The van der Waals surface area contributed by atoms with Gasteiger partial charge >= 0.3 is 0 Å². The molecular weight excluding hydrogens is 338 g/mol. The van der Waals surface area contributed by atoms with E-state index in [0.29, 0.717) is 37.7 Å². The first-order chi connectivity index (χ1) is 12.6. The third kappa shape index (κ3) is 3.96. The first kappa shape index (κ1) is 18.2. The maximum absolute atomic E-state index is 12.7. The summed E-state index contributed by atoms with van der Waals surface area (Å²) in [6.45, 7) is 2.31. The predicted molar refractivity (Wildman–Crippen MR) is 93.9 cm³/mol. The van der Waals surface area contributed by atoms with Gasteiger partial charge in [0.1, 0.15) is 5.75 Å². The molecule has 1 aromatic rings. The van der Waals surface area contributed by atoms with Crippen LogP contribution < -0.4 is 15.0 Å². The molecule has 140 valence electrons. The Morgan fingerprint density at radius 1 is 1.12 bits per heavy atom. The van der Waals surface area contributed by atoms with Crippen LogP contribution in [0.1, 0.15) is 12.8 Å². The minimum Gasteiger partial charge on any atom is -0.477 e. The Labute approximate surface area is 152 Å². The van der Waals surface area contributed by atoms with Gasteiger partial charge in [-0.15, -0.1) is 0 Å². The molecule has 8 nitrogen and oxygen atoms in total. The number of benzene rings is 1. The number of amides is 3. The van der Waals surface area contributed by atoms with Crippen molar-refractivity contribution in [1.29, 1.82) is 0 Å². The third-order valence-corrected chi connectivity index (χ3v) is 4.53. The molecule has 26 heavy (non-hydrogen) atoms. The summed E-state index contributed by atoms with van der Waals surface area (Å²) < 4.78 is 10.9. The van der Waals surface area contributed by atoms with E-state index in [0.717, 1.165) is 0 Å². The topological polar surface area (TPSA) is 88.2 Å². The molecule has 0 aliphatic carbocycles. The molecule has 1 fully saturated rings. The van der Waals surface area contributed by atoms with Crippen LogP contribution in [0.2, 0.25) is 0 Å². The van der Waals surface area contributed by atoms with Crippen LogP contribution in [0, 0.1) is 0 Å². The molecule has 3 amide bonds. The number of morpholine rings is 1. The summed E-state index contributed by atoms with van der Waals surface area (Å²) >= 11 is 0. The van der Waals surface area contributed by atoms with E-state index < -0.39 is 6.10 Å². The lowest BCUT2D eigenvalue weighted by molar-refractivity contribution is -0.137. The van der Waals surface area contributed by atoms with Crippen molar-refractivity contribution in [3.63, 3.8) is 0 Å². The van der Waals surface area contributed by atoms with E-state index in [-0.39, 0.29) is 37.1 Å². The zero-order valence-electron chi connectivity index (χ0n) is 14.8. The fraction of sp³-hybridized carbons (Fsp3) is 0.500. The zero-order chi connectivity index (χ0) is 18.5. The summed E-state index contributed by atoms with van der Waals surface area (Å²) in [5.41, 5.74) is 0.622. The van der Waals surface area contributed by atoms with E-state index in [1.165, 1.54) is 11.9 Å². The van der Waals surface area contributed by atoms with Crippen molar-refractivity contribution >= 4 is 23.4 Å². The van der Waals surface area contributed by atoms with Crippen LogP contribution in [0.25, 0.3) is 0 Å². The average Bonchev–Trinajstić information content (AvgIpc) is 2.70. The molecule has 2 heterocycles. The number of anilines is 1. The second kappa shape index (κ2) is 8.18. The number of fused-ring (bicyclic) bond motifs is 1. The molecule has 1 atom stereocenters. The summed E-state index contributed by atoms with van der Waals surface area (Å²) in [7, 11) is 1.53. The van der Waals surface area contributed by atoms with E-state index in [1.54, 1.807) is 23.1 Å². The van der Waals surface area contributed by atoms with Gasteiger partial charge in [-0.1, -0.05) is 12.1 Å². The van der Waals surface area contributed by atoms with Crippen molar-refractivity contribution in [2.45, 2.75) is 18.9 Å². The van der Waals surface area contributed by atoms with Crippen molar-refractivity contribution < 1.29 is 23.9 Å². The monoisotopic (exact) mass is 361 g/mol. The van der Waals surface area contributed by atoms with Crippen molar-refractivity contribution in [3.05, 3.63) is 24.3 Å². The van der Waals surface area contributed by atoms with Gasteiger partial charge in [-0.3, -0.25) is 14.4 Å². The normalized spacial score (nSPS) is 19.3. The summed E-state index contributed by atoms with van der Waals surface area (Å²) in [4.78, 5) is 40.2. The molecule has 0 unspecified atom stereocenters. The number of ether oxygens (including phenoxy) is 2. The van der Waals surface area contributed by atoms with E-state index in [4.69, 9.17) is 9.47 Å². The van der Waals surface area contributed by atoms with Crippen LogP contribution in [0.5, 0.6) is 5.75 Å². The van der Waals surface area contributed by atoms with E-state index in [2.05, 4.69) is 5.32 Å². The Morgan fingerprint density at radius 2 is 1.81 bits per heavy atom. The molecule has 0 spiro atoms. The highest BCUT2D eigenvalue weighted by atomic mass is 16.5. The Kier molecular flexibility index (Phi) is 5.72. The summed E-state index contributed by atoms with van der Waals surface area (Å²) in [6, 6.07) is 7.10. The number of nitrogens with one attached hydrogen (secondary N) is 1. The highest BCUT2D eigenvalue weighted by Crippen LogP contribution is 2.33. The molecule has 2 aliphatic rings. The van der Waals surface area contributed by atoms with E-state index in [9.17, 15) is 14.4 Å². The molecule has 0 radical (unpaired) electrons. The highest BCUT2D eigenvalue weighted by molar-refractivity contribution is 5.98. The molecule has 8 heteroatoms. The number of carbonyl (C=O) groups excluding carboxylic acids is 3. The Hall–Kier alpha value is -2.61. The van der Waals surface area contributed by atoms with Gasteiger partial charge < -0.3 is 24.6 Å². The molecule has 0 saturated carbocycles. The number of para-hydroxylation sites is 2. The number of hydrogen-bond acceptors (Lipinski definition) is 5. The Bertz CT molecular complexity index is 687. The molecular formula is C18H23N3O5. The number of nitrogens with zero attached hydrogens (tertiary/aromatic N) is 2. The number of carbonyl (C=O) groups is 3. The second-order valence-corrected chi connectivity index (χ2v) is 6.19. The van der Waals surface area contributed by atoms with Crippen molar-refractivity contribution in [2.75, 3.05) is 44.8 Å². The first-order valence-corrected chi connectivity index (χ1v) is 8.73. The maximum Gasteiger partial charge on any atom is 0.262 e. The fourth-order valence-corrected chi connectivity index (χ4v) is 3.09. The van der Waals surface area contributed by atoms with Crippen LogP contribution in [0.15, 0.2) is 24.3 Å². The quantitative estimate of drug-likeness (QED) is 0.826. The van der Waals surface area contributed by atoms with Crippen LogP contribution in [-0.2, 0) is 19.1 Å². The Morgan fingerprint density at radius 3 is 2.54 bits per heavy atom. The molecule has 1 N–H and O–H groups in total. The lowest BCUT2D eigenvalue weighted by atomic mass is 10.1. The molecule has 1 saturated heterocycles. The zero-order valence-corrected chi connectivity index (χ0v) is 14.8. The van der Waals surface area contributed by atoms with Crippen molar-refractivity contribution in [1.82, 2.24) is 10.2 Å². The van der Waals surface area contributed by atoms with Gasteiger partial charge in [0.2, 0.25) is 11.8 Å². The average molecular weight is 361 g/mol. The van der Waals surface area contributed by atoms with Gasteiger partial charge in [-0.2, -0.15) is 0 Å². The smallest absolute Gasteiger partial charge is 0.262 e. The minimum absolute atomic E-state index is 0.0500. The predicted octanol–water partition coefficient (Wildman–Crippen LogP) is 0.166. The van der Waals surface area contributed by atoms with Gasteiger partial charge in [0.25, 0.3) is 5.91 Å². The molecule has 3 rings (SSSR count). The SMILES string of the molecule is CNC(=O)[C@@H]1CN(C(=O)CCC(=O)N2CCOCC2)c2ccccc2O1. The summed E-state index contributed by atoms with van der Waals surface area (Å²) in [5.74, 6) is -0.0517. The largest absolute Gasteiger partial charge is 0.477 e. The summed E-state index contributed by atoms with van der Waals surface area (Å²) in [6.07, 6.45) is -0.539. The number of likely N-dealkylation sites (N-methyl/N-ethyl adjacent to an activating group) is 1. The van der Waals surface area contributed by atoms with E-state index in [1.807, 2.05) is 6.07 Å². The number of rotatable bonds is 4. The maximum atomic E-state index is 12.7. The summed E-state index contributed by atoms with van der Waals surface area (Å²) in [5, 5.41) is 2.54. The molecule has 1 aromatic carbocycles. The lowest BCUT2D eigenvalue weighted by Crippen LogP contribution is -2.50. The van der Waals surface area contributed by atoms with E-state index >= 15 is 0 Å². The third-order valence-electron chi connectivity index (χ3n) is 4.53. The Balaban J connectivity index is 1.67. The molecule has 0 bridgehead atoms. The van der Waals surface area contributed by atoms with Crippen molar-refractivity contribution in [3.8, 4) is 5.75 Å². The van der Waals surface area contributed by atoms with Crippen LogP contribution >= 0.6 is 0 Å². The number of hydrogen-bond donors (Lipinski definition) is 1. The van der Waals surface area contributed by atoms with Gasteiger partial charge in [-0.25, -0.2) is 0 Å².